The van der Waals surface area contributed by atoms with Gasteiger partial charge in [0.1, 0.15) is 13.8 Å². The first-order chi connectivity index (χ1) is 13.0. The van der Waals surface area contributed by atoms with Gasteiger partial charge < -0.3 is 4.43 Å². The van der Waals surface area contributed by atoms with Crippen molar-refractivity contribution in [3.05, 3.63) is 53.1 Å². The van der Waals surface area contributed by atoms with E-state index < -0.39 is 16.4 Å². The summed E-state index contributed by atoms with van der Waals surface area (Å²) in [6.07, 6.45) is 0. The van der Waals surface area contributed by atoms with Crippen molar-refractivity contribution < 1.29 is 9.22 Å². The van der Waals surface area contributed by atoms with Crippen LogP contribution in [-0.4, -0.2) is 22.2 Å². The van der Waals surface area contributed by atoms with Crippen LogP contribution in [0.3, 0.4) is 0 Å². The Morgan fingerprint density at radius 2 is 1.46 bits per heavy atom. The van der Waals surface area contributed by atoms with Gasteiger partial charge in [-0.25, -0.2) is 0 Å². The summed E-state index contributed by atoms with van der Waals surface area (Å²) in [5.41, 5.74) is 3.06. The van der Waals surface area contributed by atoms with E-state index in [0.717, 1.165) is 29.0 Å². The molecule has 0 saturated heterocycles. The molecule has 0 aromatic heterocycles. The maximum atomic E-state index is 13.3. The zero-order valence-electron chi connectivity index (χ0n) is 18.7. The van der Waals surface area contributed by atoms with Gasteiger partial charge >= 0.3 is 0 Å². The van der Waals surface area contributed by atoms with Crippen molar-refractivity contribution in [1.29, 1.82) is 0 Å². The van der Waals surface area contributed by atoms with Crippen molar-refractivity contribution in [2.45, 2.75) is 71.8 Å². The lowest BCUT2D eigenvalue weighted by atomic mass is 10.0. The molecule has 3 rings (SSSR count). The average Bonchev–Trinajstić information content (AvgIpc) is 2.61. The number of hydrogen-bond donors (Lipinski definition) is 0. The Morgan fingerprint density at radius 1 is 0.929 bits per heavy atom. The SMILES string of the molecule is CC[Si]1(CC)c2cc(C)ccc2C(=O)c2ccc(O[Si](C)(C)C(C)(C)C)cc21. The molecule has 2 aromatic rings. The lowest BCUT2D eigenvalue weighted by Crippen LogP contribution is -2.63. The molecule has 150 valence electrons. The van der Waals surface area contributed by atoms with E-state index in [9.17, 15) is 4.79 Å². The lowest BCUT2D eigenvalue weighted by Gasteiger charge is -2.39. The van der Waals surface area contributed by atoms with Crippen molar-refractivity contribution in [2.75, 3.05) is 0 Å². The number of ketones is 1. The molecule has 4 heteroatoms. The average molecular weight is 411 g/mol. The van der Waals surface area contributed by atoms with Gasteiger partial charge in [0.25, 0.3) is 0 Å². The van der Waals surface area contributed by atoms with E-state index in [4.69, 9.17) is 4.43 Å². The van der Waals surface area contributed by atoms with Crippen LogP contribution in [0.4, 0.5) is 0 Å². The molecule has 0 fully saturated rings. The van der Waals surface area contributed by atoms with Gasteiger partial charge in [-0.15, -0.1) is 0 Å². The molecule has 0 unspecified atom stereocenters. The molecule has 0 bridgehead atoms. The van der Waals surface area contributed by atoms with Crippen LogP contribution in [-0.2, 0) is 0 Å². The molecule has 28 heavy (non-hydrogen) atoms. The predicted octanol–water partition coefficient (Wildman–Crippen LogP) is 5.53. The number of aryl methyl sites for hydroxylation is 1. The number of rotatable bonds is 4. The second kappa shape index (κ2) is 6.99. The van der Waals surface area contributed by atoms with Gasteiger partial charge in [-0.05, 0) is 53.6 Å². The van der Waals surface area contributed by atoms with Crippen LogP contribution in [0.5, 0.6) is 5.75 Å². The number of carbonyl (C=O) groups is 1. The molecule has 0 N–H and O–H groups in total. The van der Waals surface area contributed by atoms with Crippen LogP contribution in [0.25, 0.3) is 0 Å². The highest BCUT2D eigenvalue weighted by molar-refractivity contribution is 7.04. The highest BCUT2D eigenvalue weighted by atomic mass is 28.4. The van der Waals surface area contributed by atoms with E-state index in [0.29, 0.717) is 0 Å². The lowest BCUT2D eigenvalue weighted by molar-refractivity contribution is 0.104. The van der Waals surface area contributed by atoms with Crippen LogP contribution in [0.15, 0.2) is 36.4 Å². The molecular weight excluding hydrogens is 376 g/mol. The summed E-state index contributed by atoms with van der Waals surface area (Å²) >= 11 is 0. The topological polar surface area (TPSA) is 26.3 Å². The Hall–Kier alpha value is -1.66. The Balaban J connectivity index is 2.19. The van der Waals surface area contributed by atoms with Gasteiger partial charge in [-0.3, -0.25) is 4.79 Å². The van der Waals surface area contributed by atoms with Crippen molar-refractivity contribution in [1.82, 2.24) is 0 Å². The minimum atomic E-state index is -1.98. The fourth-order valence-corrected chi connectivity index (χ4v) is 9.87. The van der Waals surface area contributed by atoms with Gasteiger partial charge in [-0.2, -0.15) is 0 Å². The Labute approximate surface area is 172 Å². The maximum absolute atomic E-state index is 13.3. The minimum Gasteiger partial charge on any atom is -0.544 e. The van der Waals surface area contributed by atoms with Crippen molar-refractivity contribution >= 4 is 32.5 Å². The molecule has 1 heterocycles. The van der Waals surface area contributed by atoms with E-state index in [1.807, 2.05) is 18.2 Å². The zero-order valence-corrected chi connectivity index (χ0v) is 20.7. The molecule has 0 aliphatic carbocycles. The Kier molecular flexibility index (Phi) is 5.26. The summed E-state index contributed by atoms with van der Waals surface area (Å²) in [6, 6.07) is 14.9. The van der Waals surface area contributed by atoms with Gasteiger partial charge in [0, 0.05) is 11.1 Å². The molecule has 2 aromatic carbocycles. The van der Waals surface area contributed by atoms with E-state index in [-0.39, 0.29) is 10.8 Å². The molecule has 1 aliphatic rings. The van der Waals surface area contributed by atoms with Crippen LogP contribution >= 0.6 is 0 Å². The van der Waals surface area contributed by atoms with Crippen LogP contribution in [0, 0.1) is 6.92 Å². The summed E-state index contributed by atoms with van der Waals surface area (Å²) < 4.78 is 6.61. The highest BCUT2D eigenvalue weighted by Crippen LogP contribution is 2.38. The molecule has 0 spiro atoms. The third kappa shape index (κ3) is 3.20. The Morgan fingerprint density at radius 3 is 2.00 bits per heavy atom. The normalized spacial score (nSPS) is 15.8. The zero-order chi connectivity index (χ0) is 20.9. The molecule has 0 atom stereocenters. The quantitative estimate of drug-likeness (QED) is 0.620. The van der Waals surface area contributed by atoms with Gasteiger partial charge in [-0.1, -0.05) is 70.5 Å². The summed E-state index contributed by atoms with van der Waals surface area (Å²) in [4.78, 5) is 13.3. The van der Waals surface area contributed by atoms with Crippen molar-refractivity contribution in [3.8, 4) is 5.75 Å². The first-order valence-electron chi connectivity index (χ1n) is 10.5. The molecule has 1 aliphatic heterocycles. The first-order valence-corrected chi connectivity index (χ1v) is 15.8. The number of hydrogen-bond acceptors (Lipinski definition) is 2. The van der Waals surface area contributed by atoms with E-state index >= 15 is 0 Å². The highest BCUT2D eigenvalue weighted by Gasteiger charge is 2.44. The van der Waals surface area contributed by atoms with Gasteiger partial charge in [0.15, 0.2) is 5.78 Å². The summed E-state index contributed by atoms with van der Waals surface area (Å²) in [5, 5.41) is 2.74. The fourth-order valence-electron chi connectivity index (χ4n) is 4.18. The maximum Gasteiger partial charge on any atom is 0.250 e. The fraction of sp³-hybridized carbons (Fsp3) is 0.458. The molecule has 0 amide bonds. The first kappa shape index (κ1) is 21.1. The van der Waals surface area contributed by atoms with Crippen molar-refractivity contribution in [3.63, 3.8) is 0 Å². The molecule has 2 nitrogen and oxygen atoms in total. The van der Waals surface area contributed by atoms with Crippen LogP contribution in [0.2, 0.25) is 30.2 Å². The van der Waals surface area contributed by atoms with Gasteiger partial charge in [0.05, 0.1) is 0 Å². The third-order valence-corrected chi connectivity index (χ3v) is 16.7. The van der Waals surface area contributed by atoms with Gasteiger partial charge in [0.2, 0.25) is 8.32 Å². The molecule has 0 saturated carbocycles. The number of fused-ring (bicyclic) bond motifs is 2. The predicted molar refractivity (Wildman–Crippen MR) is 125 cm³/mol. The summed E-state index contributed by atoms with van der Waals surface area (Å²) in [5.74, 6) is 1.11. The second-order valence-corrected chi connectivity index (χ2v) is 19.1. The standard InChI is InChI=1S/C24H34O2Si2/c1-9-28(10-2)21-15-17(3)11-13-19(21)23(25)20-14-12-18(16-22(20)28)26-27(7,8)24(4,5)6/h11-16H,9-10H2,1-8H3. The van der Waals surface area contributed by atoms with Crippen LogP contribution in [0.1, 0.15) is 56.1 Å². The summed E-state index contributed by atoms with van der Waals surface area (Å²) in [6.45, 7) is 18.1. The van der Waals surface area contributed by atoms with E-state index in [2.05, 4.69) is 72.8 Å². The second-order valence-electron chi connectivity index (χ2n) is 9.74. The third-order valence-electron chi connectivity index (χ3n) is 7.07. The smallest absolute Gasteiger partial charge is 0.250 e. The molecular formula is C24H34O2Si2. The summed E-state index contributed by atoms with van der Waals surface area (Å²) in [7, 11) is -3.91. The largest absolute Gasteiger partial charge is 0.544 e. The van der Waals surface area contributed by atoms with E-state index in [1.54, 1.807) is 0 Å². The van der Waals surface area contributed by atoms with Crippen molar-refractivity contribution in [2.24, 2.45) is 0 Å². The Bertz CT molecular complexity index is 919. The monoisotopic (exact) mass is 410 g/mol. The number of benzene rings is 2. The van der Waals surface area contributed by atoms with Crippen LogP contribution < -0.4 is 14.8 Å². The van der Waals surface area contributed by atoms with E-state index in [1.165, 1.54) is 15.9 Å². The minimum absolute atomic E-state index is 0.145. The number of carbonyl (C=O) groups excluding carboxylic acids is 1. The molecule has 0 radical (unpaired) electrons.